The fourth-order valence-corrected chi connectivity index (χ4v) is 3.83. The smallest absolute Gasteiger partial charge is 0.368 e. The summed E-state index contributed by atoms with van der Waals surface area (Å²) < 4.78 is 38.9. The second kappa shape index (κ2) is 6.06. The zero-order valence-corrected chi connectivity index (χ0v) is 13.1. The van der Waals surface area contributed by atoms with Gasteiger partial charge in [0.2, 0.25) is 5.91 Å². The molecule has 2 heterocycles. The molecule has 0 radical (unpaired) electrons. The fraction of sp³-hybridized carbons (Fsp3) is 0.588. The van der Waals surface area contributed by atoms with E-state index in [2.05, 4.69) is 10.2 Å². The minimum Gasteiger partial charge on any atom is -0.368 e. The van der Waals surface area contributed by atoms with Gasteiger partial charge in [0.25, 0.3) is 0 Å². The number of benzene rings is 1. The van der Waals surface area contributed by atoms with Gasteiger partial charge in [-0.25, -0.2) is 0 Å². The number of anilines is 1. The molecule has 0 bridgehead atoms. The first-order valence-corrected chi connectivity index (χ1v) is 8.16. The number of nitrogens with zero attached hydrogens (tertiary/aromatic N) is 1. The van der Waals surface area contributed by atoms with Crippen LogP contribution in [-0.4, -0.2) is 25.0 Å². The number of piperidine rings is 1. The maximum absolute atomic E-state index is 13.0. The van der Waals surface area contributed by atoms with Crippen molar-refractivity contribution in [1.29, 1.82) is 0 Å². The van der Waals surface area contributed by atoms with Crippen molar-refractivity contribution >= 4 is 11.6 Å². The van der Waals surface area contributed by atoms with Crippen LogP contribution in [0.3, 0.4) is 0 Å². The van der Waals surface area contributed by atoms with Crippen LogP contribution in [0.5, 0.6) is 0 Å². The van der Waals surface area contributed by atoms with E-state index in [9.17, 15) is 18.0 Å². The molecule has 2 unspecified atom stereocenters. The van der Waals surface area contributed by atoms with E-state index in [-0.39, 0.29) is 17.9 Å². The number of rotatable bonds is 2. The molecule has 1 saturated heterocycles. The van der Waals surface area contributed by atoms with Crippen molar-refractivity contribution in [2.45, 2.75) is 44.8 Å². The summed E-state index contributed by atoms with van der Waals surface area (Å²) in [7, 11) is 0. The first-order chi connectivity index (χ1) is 10.9. The molecule has 6 heteroatoms. The minimum absolute atomic E-state index is 0.0486. The summed E-state index contributed by atoms with van der Waals surface area (Å²) in [5, 5.41) is 2.84. The molecule has 0 aliphatic carbocycles. The first kappa shape index (κ1) is 16.1. The van der Waals surface area contributed by atoms with E-state index < -0.39 is 11.7 Å². The van der Waals surface area contributed by atoms with Crippen LogP contribution in [-0.2, 0) is 17.4 Å². The molecule has 0 saturated carbocycles. The van der Waals surface area contributed by atoms with Crippen LogP contribution >= 0.6 is 0 Å². The number of carbonyl (C=O) groups is 1. The standard InChI is InChI=1S/C17H21F3N2O/c1-2-21-16(23)13-10-11-9-12(17(18,19)20)6-7-14(11)22-8-4-3-5-15(13)22/h6-7,9,13,15H,2-5,8,10H2,1H3,(H,21,23). The molecule has 3 nitrogen and oxygen atoms in total. The molecule has 1 fully saturated rings. The van der Waals surface area contributed by atoms with Crippen LogP contribution < -0.4 is 10.2 Å². The van der Waals surface area contributed by atoms with E-state index in [1.54, 1.807) is 6.07 Å². The molecule has 1 N–H and O–H groups in total. The molecule has 3 rings (SSSR count). The molecule has 0 aromatic heterocycles. The van der Waals surface area contributed by atoms with Gasteiger partial charge in [-0.1, -0.05) is 0 Å². The minimum atomic E-state index is -4.35. The van der Waals surface area contributed by atoms with Crippen LogP contribution in [0.25, 0.3) is 0 Å². The van der Waals surface area contributed by atoms with Crippen molar-refractivity contribution in [3.05, 3.63) is 29.3 Å². The number of carbonyl (C=O) groups excluding carboxylic acids is 1. The summed E-state index contributed by atoms with van der Waals surface area (Å²) in [6.45, 7) is 3.20. The summed E-state index contributed by atoms with van der Waals surface area (Å²) >= 11 is 0. The summed E-state index contributed by atoms with van der Waals surface area (Å²) in [5.41, 5.74) is 0.860. The Hall–Kier alpha value is -1.72. The van der Waals surface area contributed by atoms with Crippen LogP contribution in [0.4, 0.5) is 18.9 Å². The number of hydrogen-bond acceptors (Lipinski definition) is 2. The van der Waals surface area contributed by atoms with Gasteiger partial charge in [-0.05, 0) is 56.4 Å². The Kier molecular flexibility index (Phi) is 4.25. The van der Waals surface area contributed by atoms with E-state index in [1.165, 1.54) is 6.07 Å². The van der Waals surface area contributed by atoms with Crippen molar-refractivity contribution in [2.24, 2.45) is 5.92 Å². The lowest BCUT2D eigenvalue weighted by Crippen LogP contribution is -2.53. The average Bonchev–Trinajstić information content (AvgIpc) is 2.53. The van der Waals surface area contributed by atoms with Crippen molar-refractivity contribution in [2.75, 3.05) is 18.0 Å². The summed E-state index contributed by atoms with van der Waals surface area (Å²) in [6, 6.07) is 4.04. The molecule has 1 aromatic rings. The lowest BCUT2D eigenvalue weighted by atomic mass is 9.80. The highest BCUT2D eigenvalue weighted by Crippen LogP contribution is 2.41. The molecule has 1 amide bonds. The fourth-order valence-electron chi connectivity index (χ4n) is 3.83. The average molecular weight is 326 g/mol. The van der Waals surface area contributed by atoms with Gasteiger partial charge in [0.1, 0.15) is 0 Å². The molecule has 23 heavy (non-hydrogen) atoms. The van der Waals surface area contributed by atoms with Gasteiger partial charge < -0.3 is 10.2 Å². The van der Waals surface area contributed by atoms with Crippen molar-refractivity contribution in [1.82, 2.24) is 5.32 Å². The molecule has 2 aliphatic rings. The highest BCUT2D eigenvalue weighted by atomic mass is 19.4. The van der Waals surface area contributed by atoms with Gasteiger partial charge in [0, 0.05) is 24.8 Å². The molecule has 2 atom stereocenters. The summed E-state index contributed by atoms with van der Waals surface area (Å²) in [4.78, 5) is 14.5. The Morgan fingerprint density at radius 2 is 2.13 bits per heavy atom. The molecule has 2 aliphatic heterocycles. The molecular formula is C17H21F3N2O. The topological polar surface area (TPSA) is 32.3 Å². The third kappa shape index (κ3) is 3.03. The van der Waals surface area contributed by atoms with E-state index in [0.29, 0.717) is 18.5 Å². The lowest BCUT2D eigenvalue weighted by molar-refractivity contribution is -0.137. The Balaban J connectivity index is 1.99. The molecular weight excluding hydrogens is 305 g/mol. The van der Waals surface area contributed by atoms with Crippen LogP contribution in [0.1, 0.15) is 37.3 Å². The van der Waals surface area contributed by atoms with E-state index in [1.807, 2.05) is 6.92 Å². The van der Waals surface area contributed by atoms with Gasteiger partial charge in [0.05, 0.1) is 11.5 Å². The largest absolute Gasteiger partial charge is 0.416 e. The van der Waals surface area contributed by atoms with Crippen molar-refractivity contribution in [3.63, 3.8) is 0 Å². The van der Waals surface area contributed by atoms with Gasteiger partial charge >= 0.3 is 6.18 Å². The predicted molar refractivity (Wildman–Crippen MR) is 82.3 cm³/mol. The van der Waals surface area contributed by atoms with Gasteiger partial charge in [0.15, 0.2) is 0 Å². The molecule has 126 valence electrons. The third-order valence-electron chi connectivity index (χ3n) is 4.86. The van der Waals surface area contributed by atoms with E-state index in [0.717, 1.165) is 37.6 Å². The number of alkyl halides is 3. The first-order valence-electron chi connectivity index (χ1n) is 8.16. The van der Waals surface area contributed by atoms with Crippen LogP contribution in [0.15, 0.2) is 18.2 Å². The maximum Gasteiger partial charge on any atom is 0.416 e. The summed E-state index contributed by atoms with van der Waals surface area (Å²) in [6.07, 6.45) is -0.977. The quantitative estimate of drug-likeness (QED) is 0.904. The second-order valence-corrected chi connectivity index (χ2v) is 6.30. The number of nitrogens with one attached hydrogen (secondary N) is 1. The van der Waals surface area contributed by atoms with E-state index in [4.69, 9.17) is 0 Å². The Morgan fingerprint density at radius 3 is 2.83 bits per heavy atom. The van der Waals surface area contributed by atoms with Crippen molar-refractivity contribution < 1.29 is 18.0 Å². The van der Waals surface area contributed by atoms with Crippen molar-refractivity contribution in [3.8, 4) is 0 Å². The SMILES string of the molecule is CCNC(=O)C1Cc2cc(C(F)(F)F)ccc2N2CCCCC12. The zero-order valence-electron chi connectivity index (χ0n) is 13.1. The number of halogens is 3. The normalized spacial score (nSPS) is 23.9. The van der Waals surface area contributed by atoms with E-state index >= 15 is 0 Å². The van der Waals surface area contributed by atoms with Crippen LogP contribution in [0, 0.1) is 5.92 Å². The third-order valence-corrected chi connectivity index (χ3v) is 4.86. The number of amides is 1. The Bertz CT molecular complexity index is 600. The highest BCUT2D eigenvalue weighted by molar-refractivity contribution is 5.82. The van der Waals surface area contributed by atoms with Gasteiger partial charge in [-0.3, -0.25) is 4.79 Å². The number of fused-ring (bicyclic) bond motifs is 3. The van der Waals surface area contributed by atoms with Gasteiger partial charge in [-0.15, -0.1) is 0 Å². The molecule has 0 spiro atoms. The maximum atomic E-state index is 13.0. The predicted octanol–water partition coefficient (Wildman–Crippen LogP) is 3.37. The zero-order chi connectivity index (χ0) is 16.6. The lowest BCUT2D eigenvalue weighted by Gasteiger charge is -2.46. The monoisotopic (exact) mass is 326 g/mol. The second-order valence-electron chi connectivity index (χ2n) is 6.30. The highest BCUT2D eigenvalue weighted by Gasteiger charge is 2.40. The molecule has 1 aromatic carbocycles. The summed E-state index contributed by atoms with van der Waals surface area (Å²) in [5.74, 6) is -0.321. The Morgan fingerprint density at radius 1 is 1.35 bits per heavy atom. The Labute approximate surface area is 133 Å². The number of hydrogen-bond donors (Lipinski definition) is 1. The van der Waals surface area contributed by atoms with Gasteiger partial charge in [-0.2, -0.15) is 13.2 Å². The van der Waals surface area contributed by atoms with Crippen LogP contribution in [0.2, 0.25) is 0 Å².